The number of rotatable bonds is 5. The van der Waals surface area contributed by atoms with Crippen molar-refractivity contribution in [2.24, 2.45) is 5.92 Å². The second-order valence-corrected chi connectivity index (χ2v) is 6.29. The summed E-state index contributed by atoms with van der Waals surface area (Å²) in [5, 5.41) is 13.6. The molecule has 2 atom stereocenters. The molecule has 1 saturated heterocycles. The van der Waals surface area contributed by atoms with Crippen molar-refractivity contribution in [2.45, 2.75) is 31.4 Å². The zero-order valence-electron chi connectivity index (χ0n) is 12.8. The maximum Gasteiger partial charge on any atom is 0.251 e. The first-order valence-corrected chi connectivity index (χ1v) is 8.10. The van der Waals surface area contributed by atoms with Crippen LogP contribution < -0.4 is 5.32 Å². The summed E-state index contributed by atoms with van der Waals surface area (Å²) in [5.74, 6) is 0.578. The molecule has 1 aromatic heterocycles. The van der Waals surface area contributed by atoms with Crippen molar-refractivity contribution in [3.8, 4) is 0 Å². The molecular formula is C16H20N4O3. The Balaban J connectivity index is 1.42. The second-order valence-electron chi connectivity index (χ2n) is 6.29. The first kappa shape index (κ1) is 14.6. The van der Waals surface area contributed by atoms with Crippen LogP contribution >= 0.6 is 0 Å². The Hall–Kier alpha value is -1.99. The molecule has 2 heterocycles. The third-order valence-corrected chi connectivity index (χ3v) is 4.43. The van der Waals surface area contributed by atoms with E-state index in [-0.39, 0.29) is 18.1 Å². The Morgan fingerprint density at radius 3 is 3.04 bits per heavy atom. The molecule has 1 aliphatic heterocycles. The normalized spacial score (nSPS) is 24.7. The van der Waals surface area contributed by atoms with Crippen LogP contribution in [0.25, 0.3) is 11.0 Å². The number of hydrogen-bond acceptors (Lipinski definition) is 5. The van der Waals surface area contributed by atoms with Crippen LogP contribution in [-0.4, -0.2) is 53.3 Å². The number of carbonyl (C=O) groups excluding carboxylic acids is 1. The summed E-state index contributed by atoms with van der Waals surface area (Å²) in [5.41, 5.74) is 1.99. The second kappa shape index (κ2) is 6.25. The van der Waals surface area contributed by atoms with Crippen LogP contribution in [0.1, 0.15) is 29.6 Å². The number of aromatic nitrogens is 3. The van der Waals surface area contributed by atoms with E-state index in [2.05, 4.69) is 20.7 Å². The minimum absolute atomic E-state index is 0.0316. The topological polar surface area (TPSA) is 89.1 Å². The summed E-state index contributed by atoms with van der Waals surface area (Å²) in [6, 6.07) is 5.16. The number of H-pyrrole nitrogens is 1. The van der Waals surface area contributed by atoms with Gasteiger partial charge in [0.05, 0.1) is 18.8 Å². The molecule has 0 radical (unpaired) electrons. The number of carbonyl (C=O) groups is 1. The number of fused-ring (bicyclic) bond motifs is 1. The predicted molar refractivity (Wildman–Crippen MR) is 83.0 cm³/mol. The molecule has 122 valence electrons. The summed E-state index contributed by atoms with van der Waals surface area (Å²) >= 11 is 0. The summed E-state index contributed by atoms with van der Waals surface area (Å²) in [6.45, 7) is 1.97. The van der Waals surface area contributed by atoms with Gasteiger partial charge in [0, 0.05) is 18.8 Å². The van der Waals surface area contributed by atoms with Gasteiger partial charge in [0.15, 0.2) is 0 Å². The molecule has 1 amide bonds. The van der Waals surface area contributed by atoms with Crippen LogP contribution in [0.15, 0.2) is 18.2 Å². The van der Waals surface area contributed by atoms with E-state index in [1.54, 1.807) is 18.2 Å². The van der Waals surface area contributed by atoms with Gasteiger partial charge < -0.3 is 14.8 Å². The highest BCUT2D eigenvalue weighted by Gasteiger charge is 2.30. The van der Waals surface area contributed by atoms with Crippen molar-refractivity contribution in [1.82, 2.24) is 20.7 Å². The van der Waals surface area contributed by atoms with Gasteiger partial charge in [-0.3, -0.25) is 4.79 Å². The molecule has 1 aromatic carbocycles. The van der Waals surface area contributed by atoms with Gasteiger partial charge >= 0.3 is 0 Å². The lowest BCUT2D eigenvalue weighted by Gasteiger charge is -2.32. The zero-order valence-corrected chi connectivity index (χ0v) is 12.8. The van der Waals surface area contributed by atoms with E-state index in [1.807, 2.05) is 0 Å². The quantitative estimate of drug-likeness (QED) is 0.867. The summed E-state index contributed by atoms with van der Waals surface area (Å²) in [7, 11) is 0. The van der Waals surface area contributed by atoms with Gasteiger partial charge in [-0.2, -0.15) is 15.4 Å². The Bertz CT molecular complexity index is 697. The van der Waals surface area contributed by atoms with Gasteiger partial charge in [-0.05, 0) is 43.4 Å². The minimum atomic E-state index is -0.134. The third kappa shape index (κ3) is 3.35. The largest absolute Gasteiger partial charge is 0.379 e. The van der Waals surface area contributed by atoms with Gasteiger partial charge in [-0.15, -0.1) is 0 Å². The minimum Gasteiger partial charge on any atom is -0.379 e. The molecule has 2 fully saturated rings. The number of hydrogen-bond donors (Lipinski definition) is 2. The SMILES string of the molecule is O=C(N[C@@H]1COCC[C@@H]1OCC1CC1)c1ccc2n[nH]nc2c1. The molecule has 0 unspecified atom stereocenters. The standard InChI is InChI=1S/C16H20N4O3/c21-16(11-3-4-12-13(7-11)19-20-18-12)17-14-9-22-6-5-15(14)23-8-10-1-2-10/h3-4,7,10,14-15H,1-2,5-6,8-9H2,(H,17,21)(H,18,19,20)/t14-,15+/m1/s1. The average molecular weight is 316 g/mol. The average Bonchev–Trinajstić information content (AvgIpc) is 3.28. The van der Waals surface area contributed by atoms with Crippen LogP contribution in [0.3, 0.4) is 0 Å². The van der Waals surface area contributed by atoms with Gasteiger partial charge in [-0.25, -0.2) is 0 Å². The van der Waals surface area contributed by atoms with Crippen LogP contribution in [-0.2, 0) is 9.47 Å². The Kier molecular flexibility index (Phi) is 3.97. The van der Waals surface area contributed by atoms with Crippen LogP contribution in [0, 0.1) is 5.92 Å². The van der Waals surface area contributed by atoms with Crippen molar-refractivity contribution >= 4 is 16.9 Å². The fourth-order valence-corrected chi connectivity index (χ4v) is 2.83. The third-order valence-electron chi connectivity index (χ3n) is 4.43. The van der Waals surface area contributed by atoms with Crippen molar-refractivity contribution in [1.29, 1.82) is 0 Å². The summed E-state index contributed by atoms with van der Waals surface area (Å²) < 4.78 is 11.5. The molecule has 0 bridgehead atoms. The van der Waals surface area contributed by atoms with Crippen molar-refractivity contribution in [3.63, 3.8) is 0 Å². The van der Waals surface area contributed by atoms with Crippen molar-refractivity contribution in [2.75, 3.05) is 19.8 Å². The molecule has 1 aliphatic carbocycles. The van der Waals surface area contributed by atoms with E-state index in [0.717, 1.165) is 18.5 Å². The molecule has 2 N–H and O–H groups in total. The highest BCUT2D eigenvalue weighted by molar-refractivity contribution is 5.97. The number of aromatic amines is 1. The molecule has 23 heavy (non-hydrogen) atoms. The van der Waals surface area contributed by atoms with E-state index in [0.29, 0.717) is 30.2 Å². The molecule has 7 heteroatoms. The van der Waals surface area contributed by atoms with E-state index in [9.17, 15) is 4.79 Å². The Morgan fingerprint density at radius 1 is 1.30 bits per heavy atom. The van der Waals surface area contributed by atoms with Gasteiger partial charge in [0.25, 0.3) is 5.91 Å². The number of nitrogens with zero attached hydrogens (tertiary/aromatic N) is 2. The van der Waals surface area contributed by atoms with E-state index in [4.69, 9.17) is 9.47 Å². The number of benzene rings is 1. The lowest BCUT2D eigenvalue weighted by molar-refractivity contribution is -0.0567. The molecule has 1 saturated carbocycles. The van der Waals surface area contributed by atoms with Crippen LogP contribution in [0.4, 0.5) is 0 Å². The van der Waals surface area contributed by atoms with Gasteiger partial charge in [0.2, 0.25) is 0 Å². The highest BCUT2D eigenvalue weighted by atomic mass is 16.5. The number of nitrogens with one attached hydrogen (secondary N) is 2. The van der Waals surface area contributed by atoms with Crippen molar-refractivity contribution in [3.05, 3.63) is 23.8 Å². The lowest BCUT2D eigenvalue weighted by atomic mass is 10.1. The smallest absolute Gasteiger partial charge is 0.251 e. The Labute approximate surface area is 133 Å². The summed E-state index contributed by atoms with van der Waals surface area (Å²) in [6.07, 6.45) is 3.37. The first-order chi connectivity index (χ1) is 11.3. The molecular weight excluding hydrogens is 296 g/mol. The van der Waals surface area contributed by atoms with Crippen LogP contribution in [0.2, 0.25) is 0 Å². The molecule has 0 spiro atoms. The molecule has 2 aromatic rings. The monoisotopic (exact) mass is 316 g/mol. The predicted octanol–water partition coefficient (Wildman–Crippen LogP) is 1.27. The first-order valence-electron chi connectivity index (χ1n) is 8.10. The van der Waals surface area contributed by atoms with Crippen molar-refractivity contribution < 1.29 is 14.3 Å². The number of ether oxygens (including phenoxy) is 2. The fraction of sp³-hybridized carbons (Fsp3) is 0.562. The maximum absolute atomic E-state index is 12.5. The highest BCUT2D eigenvalue weighted by Crippen LogP contribution is 2.30. The van der Waals surface area contributed by atoms with Gasteiger partial charge in [-0.1, -0.05) is 0 Å². The number of amides is 1. The van der Waals surface area contributed by atoms with E-state index in [1.165, 1.54) is 12.8 Å². The zero-order chi connectivity index (χ0) is 15.6. The molecule has 4 rings (SSSR count). The molecule has 7 nitrogen and oxygen atoms in total. The van der Waals surface area contributed by atoms with Gasteiger partial charge in [0.1, 0.15) is 11.0 Å². The maximum atomic E-state index is 12.5. The summed E-state index contributed by atoms with van der Waals surface area (Å²) in [4.78, 5) is 12.5. The molecule has 2 aliphatic rings. The Morgan fingerprint density at radius 2 is 2.17 bits per heavy atom. The van der Waals surface area contributed by atoms with Crippen LogP contribution in [0.5, 0.6) is 0 Å². The lowest BCUT2D eigenvalue weighted by Crippen LogP contribution is -2.50. The van der Waals surface area contributed by atoms with E-state index < -0.39 is 0 Å². The van der Waals surface area contributed by atoms with E-state index >= 15 is 0 Å². The fourth-order valence-electron chi connectivity index (χ4n) is 2.83.